The molecule has 0 aromatic heterocycles. The Hall–Kier alpha value is -2.73. The Morgan fingerprint density at radius 2 is 1.84 bits per heavy atom. The van der Waals surface area contributed by atoms with Gasteiger partial charge in [-0.1, -0.05) is 59.1 Å². The Morgan fingerprint density at radius 1 is 1.06 bits per heavy atom. The molecular formula is C23H19Cl3N2O3. The molecule has 0 radical (unpaired) electrons. The van der Waals surface area contributed by atoms with E-state index in [1.54, 1.807) is 42.5 Å². The van der Waals surface area contributed by atoms with E-state index in [1.165, 1.54) is 13.3 Å². The highest BCUT2D eigenvalue weighted by atomic mass is 35.5. The van der Waals surface area contributed by atoms with Gasteiger partial charge in [-0.15, -0.1) is 0 Å². The molecule has 160 valence electrons. The Kier molecular flexibility index (Phi) is 7.80. The lowest BCUT2D eigenvalue weighted by Crippen LogP contribution is -2.18. The third-order valence-corrected chi connectivity index (χ3v) is 5.28. The van der Waals surface area contributed by atoms with Crippen molar-refractivity contribution in [3.05, 3.63) is 91.9 Å². The van der Waals surface area contributed by atoms with Crippen LogP contribution in [0.4, 0.5) is 0 Å². The summed E-state index contributed by atoms with van der Waals surface area (Å²) in [5, 5.41) is 5.38. The van der Waals surface area contributed by atoms with E-state index in [4.69, 9.17) is 44.3 Å². The Morgan fingerprint density at radius 3 is 2.55 bits per heavy atom. The second-order valence-electron chi connectivity index (χ2n) is 6.57. The van der Waals surface area contributed by atoms with E-state index in [9.17, 15) is 4.79 Å². The van der Waals surface area contributed by atoms with Gasteiger partial charge in [0.1, 0.15) is 6.61 Å². The number of carbonyl (C=O) groups is 1. The van der Waals surface area contributed by atoms with Gasteiger partial charge in [-0.3, -0.25) is 4.79 Å². The first-order chi connectivity index (χ1) is 14.9. The predicted octanol–water partition coefficient (Wildman–Crippen LogP) is 6.31. The fourth-order valence-electron chi connectivity index (χ4n) is 2.80. The Labute approximate surface area is 195 Å². The second-order valence-corrected chi connectivity index (χ2v) is 7.82. The highest BCUT2D eigenvalue weighted by Crippen LogP contribution is 2.37. The molecule has 3 rings (SSSR count). The second kappa shape index (κ2) is 10.5. The molecule has 1 N–H and O–H groups in total. The number of rotatable bonds is 7. The summed E-state index contributed by atoms with van der Waals surface area (Å²) in [7, 11) is 1.51. The minimum atomic E-state index is -0.299. The van der Waals surface area contributed by atoms with Crippen molar-refractivity contribution >= 4 is 46.9 Å². The Balaban J connectivity index is 1.72. The summed E-state index contributed by atoms with van der Waals surface area (Å²) in [5.74, 6) is 0.493. The van der Waals surface area contributed by atoms with Crippen LogP contribution in [0.25, 0.3) is 0 Å². The maximum absolute atomic E-state index is 12.3. The maximum atomic E-state index is 12.3. The van der Waals surface area contributed by atoms with Crippen molar-refractivity contribution in [3.63, 3.8) is 0 Å². The summed E-state index contributed by atoms with van der Waals surface area (Å²) in [5.41, 5.74) is 5.31. The van der Waals surface area contributed by atoms with Crippen molar-refractivity contribution < 1.29 is 14.3 Å². The zero-order valence-corrected chi connectivity index (χ0v) is 19.1. The molecule has 3 aromatic rings. The van der Waals surface area contributed by atoms with Crippen molar-refractivity contribution in [3.8, 4) is 11.5 Å². The number of hydrogen-bond acceptors (Lipinski definition) is 4. The van der Waals surface area contributed by atoms with Crippen LogP contribution in [0.5, 0.6) is 11.5 Å². The van der Waals surface area contributed by atoms with Crippen LogP contribution in [0.3, 0.4) is 0 Å². The van der Waals surface area contributed by atoms with Crippen LogP contribution in [0, 0.1) is 6.92 Å². The van der Waals surface area contributed by atoms with Crippen molar-refractivity contribution in [2.45, 2.75) is 13.5 Å². The topological polar surface area (TPSA) is 59.9 Å². The molecule has 31 heavy (non-hydrogen) atoms. The van der Waals surface area contributed by atoms with Gasteiger partial charge >= 0.3 is 0 Å². The van der Waals surface area contributed by atoms with Gasteiger partial charge in [-0.2, -0.15) is 5.10 Å². The number of ether oxygens (including phenoxy) is 2. The first-order valence-corrected chi connectivity index (χ1v) is 10.4. The summed E-state index contributed by atoms with van der Waals surface area (Å²) in [6.07, 6.45) is 1.48. The van der Waals surface area contributed by atoms with Crippen LogP contribution in [0.15, 0.2) is 59.7 Å². The largest absolute Gasteiger partial charge is 0.493 e. The number of halogens is 3. The van der Waals surface area contributed by atoms with Crippen molar-refractivity contribution in [1.82, 2.24) is 5.43 Å². The fraction of sp³-hybridized carbons (Fsp3) is 0.130. The molecule has 5 nitrogen and oxygen atoms in total. The number of nitrogens with one attached hydrogen (secondary N) is 1. The van der Waals surface area contributed by atoms with Gasteiger partial charge in [-0.25, -0.2) is 5.43 Å². The lowest BCUT2D eigenvalue weighted by Gasteiger charge is -2.14. The highest BCUT2D eigenvalue weighted by molar-refractivity contribution is 6.35. The van der Waals surface area contributed by atoms with Crippen molar-refractivity contribution in [2.24, 2.45) is 5.10 Å². The smallest absolute Gasteiger partial charge is 0.271 e. The summed E-state index contributed by atoms with van der Waals surface area (Å²) in [4.78, 5) is 12.3. The SMILES string of the molecule is COc1cc(/C=N\NC(=O)c2ccccc2C)cc(Cl)c1OCc1ccc(Cl)cc1Cl. The molecule has 0 heterocycles. The average Bonchev–Trinajstić information content (AvgIpc) is 2.74. The van der Waals surface area contributed by atoms with Crippen molar-refractivity contribution in [1.29, 1.82) is 0 Å². The monoisotopic (exact) mass is 476 g/mol. The number of amides is 1. The molecule has 0 spiro atoms. The minimum Gasteiger partial charge on any atom is -0.493 e. The average molecular weight is 478 g/mol. The van der Waals surface area contributed by atoms with Gasteiger partial charge in [-0.05, 0) is 48.4 Å². The number of aryl methyl sites for hydroxylation is 1. The van der Waals surface area contributed by atoms with Gasteiger partial charge < -0.3 is 9.47 Å². The zero-order chi connectivity index (χ0) is 22.4. The molecule has 0 unspecified atom stereocenters. The summed E-state index contributed by atoms with van der Waals surface area (Å²) < 4.78 is 11.2. The molecule has 0 saturated carbocycles. The number of methoxy groups -OCH3 is 1. The molecule has 0 bridgehead atoms. The molecular weight excluding hydrogens is 459 g/mol. The van der Waals surface area contributed by atoms with Gasteiger partial charge in [0.15, 0.2) is 11.5 Å². The molecule has 8 heteroatoms. The minimum absolute atomic E-state index is 0.187. The number of hydrogen-bond donors (Lipinski definition) is 1. The fourth-order valence-corrected chi connectivity index (χ4v) is 3.53. The van der Waals surface area contributed by atoms with Gasteiger partial charge in [0.05, 0.1) is 18.3 Å². The lowest BCUT2D eigenvalue weighted by molar-refractivity contribution is 0.0954. The van der Waals surface area contributed by atoms with E-state index in [1.807, 2.05) is 19.1 Å². The van der Waals surface area contributed by atoms with E-state index < -0.39 is 0 Å². The van der Waals surface area contributed by atoms with Crippen molar-refractivity contribution in [2.75, 3.05) is 7.11 Å². The summed E-state index contributed by atoms with van der Waals surface area (Å²) in [6.45, 7) is 2.05. The van der Waals surface area contributed by atoms with Crippen LogP contribution in [-0.4, -0.2) is 19.2 Å². The molecule has 0 fully saturated rings. The standard InChI is InChI=1S/C23H19Cl3N2O3/c1-14-5-3-4-6-18(14)23(29)28-27-12-15-9-20(26)22(21(10-15)30-2)31-13-16-7-8-17(24)11-19(16)25/h3-12H,13H2,1-2H3,(H,28,29)/b27-12-. The summed E-state index contributed by atoms with van der Waals surface area (Å²) in [6, 6.07) is 15.8. The van der Waals surface area contributed by atoms with Gasteiger partial charge in [0.25, 0.3) is 5.91 Å². The van der Waals surface area contributed by atoms with Crippen LogP contribution < -0.4 is 14.9 Å². The molecule has 0 saturated heterocycles. The lowest BCUT2D eigenvalue weighted by atomic mass is 10.1. The van der Waals surface area contributed by atoms with E-state index in [-0.39, 0.29) is 12.5 Å². The van der Waals surface area contributed by atoms with Gasteiger partial charge in [0, 0.05) is 21.2 Å². The molecule has 1 amide bonds. The van der Waals surface area contributed by atoms with Crippen LogP contribution in [0.1, 0.15) is 27.0 Å². The maximum Gasteiger partial charge on any atom is 0.271 e. The summed E-state index contributed by atoms with van der Waals surface area (Å²) >= 11 is 18.5. The van der Waals surface area contributed by atoms with Gasteiger partial charge in [0.2, 0.25) is 0 Å². The normalized spacial score (nSPS) is 10.9. The van der Waals surface area contributed by atoms with Crippen LogP contribution >= 0.6 is 34.8 Å². The number of carbonyl (C=O) groups excluding carboxylic acids is 1. The number of nitrogens with zero attached hydrogens (tertiary/aromatic N) is 1. The first kappa shape index (κ1) is 22.9. The predicted molar refractivity (Wildman–Crippen MR) is 125 cm³/mol. The highest BCUT2D eigenvalue weighted by Gasteiger charge is 2.13. The molecule has 0 aliphatic carbocycles. The van der Waals surface area contributed by atoms with E-state index in [0.717, 1.165) is 11.1 Å². The molecule has 0 aliphatic heterocycles. The van der Waals surface area contributed by atoms with E-state index >= 15 is 0 Å². The third-order valence-electron chi connectivity index (χ3n) is 4.41. The van der Waals surface area contributed by atoms with Crippen LogP contribution in [0.2, 0.25) is 15.1 Å². The number of benzene rings is 3. The molecule has 0 atom stereocenters. The number of hydrazone groups is 1. The first-order valence-electron chi connectivity index (χ1n) is 9.22. The quantitative estimate of drug-likeness (QED) is 0.320. The Bertz CT molecular complexity index is 1130. The molecule has 0 aliphatic rings. The third kappa shape index (κ3) is 5.91. The molecule has 3 aromatic carbocycles. The zero-order valence-electron chi connectivity index (χ0n) is 16.8. The van der Waals surface area contributed by atoms with Crippen LogP contribution in [-0.2, 0) is 6.61 Å². The van der Waals surface area contributed by atoms with E-state index in [2.05, 4.69) is 10.5 Å². The van der Waals surface area contributed by atoms with E-state index in [0.29, 0.717) is 37.7 Å².